The Morgan fingerprint density at radius 3 is 2.71 bits per heavy atom. The van der Waals surface area contributed by atoms with Gasteiger partial charge in [-0.2, -0.15) is 0 Å². The minimum atomic E-state index is 0.111. The average Bonchev–Trinajstić information content (AvgIpc) is 2.39. The summed E-state index contributed by atoms with van der Waals surface area (Å²) in [6, 6.07) is 1.81. The number of piperazine rings is 1. The average molecular weight is 233 g/mol. The summed E-state index contributed by atoms with van der Waals surface area (Å²) in [5.74, 6) is 0.111. The number of nitrogens with zero attached hydrogens (tertiary/aromatic N) is 3. The fraction of sp³-hybridized carbons (Fsp3) is 0.500. The number of hydrogen-bond donors (Lipinski definition) is 2. The monoisotopic (exact) mass is 233 g/mol. The van der Waals surface area contributed by atoms with Crippen LogP contribution < -0.4 is 10.6 Å². The van der Waals surface area contributed by atoms with Gasteiger partial charge in [0, 0.05) is 37.9 Å². The summed E-state index contributed by atoms with van der Waals surface area (Å²) in [6.07, 6.45) is 3.49. The first-order valence-corrected chi connectivity index (χ1v) is 5.98. The van der Waals surface area contributed by atoms with Crippen LogP contribution >= 0.6 is 0 Å². The molecule has 0 unspecified atom stereocenters. The molecule has 0 aliphatic carbocycles. The van der Waals surface area contributed by atoms with Gasteiger partial charge in [0.15, 0.2) is 0 Å². The molecule has 1 saturated heterocycles. The van der Waals surface area contributed by atoms with Gasteiger partial charge in [-0.25, -0.2) is 0 Å². The molecule has 1 fully saturated rings. The smallest absolute Gasteiger partial charge is 0.125 e. The standard InChI is InChI=1S/C12H19N5/c1-2-16-5-7-17(8-6-16)11-9-15-4-3-10(11)12(13)14/h3-4,9H,2,5-8H2,1H3,(H3,13,14). The molecule has 5 heteroatoms. The lowest BCUT2D eigenvalue weighted by atomic mass is 10.1. The Kier molecular flexibility index (Phi) is 3.58. The van der Waals surface area contributed by atoms with Gasteiger partial charge >= 0.3 is 0 Å². The molecule has 0 saturated carbocycles. The first-order valence-electron chi connectivity index (χ1n) is 5.98. The van der Waals surface area contributed by atoms with E-state index in [2.05, 4.69) is 21.7 Å². The third-order valence-corrected chi connectivity index (χ3v) is 3.25. The second kappa shape index (κ2) is 5.14. The van der Waals surface area contributed by atoms with Crippen molar-refractivity contribution in [2.24, 2.45) is 5.73 Å². The molecule has 1 aromatic heterocycles. The van der Waals surface area contributed by atoms with Gasteiger partial charge in [-0.15, -0.1) is 0 Å². The van der Waals surface area contributed by atoms with Gasteiger partial charge in [-0.1, -0.05) is 6.92 Å². The molecule has 0 spiro atoms. The lowest BCUT2D eigenvalue weighted by Gasteiger charge is -2.36. The number of aromatic nitrogens is 1. The molecule has 17 heavy (non-hydrogen) atoms. The number of rotatable bonds is 3. The zero-order valence-electron chi connectivity index (χ0n) is 10.2. The highest BCUT2D eigenvalue weighted by atomic mass is 15.3. The maximum atomic E-state index is 7.58. The summed E-state index contributed by atoms with van der Waals surface area (Å²) >= 11 is 0. The Labute approximate surface area is 102 Å². The summed E-state index contributed by atoms with van der Waals surface area (Å²) in [5, 5.41) is 7.58. The molecule has 0 radical (unpaired) electrons. The second-order valence-electron chi connectivity index (χ2n) is 4.23. The van der Waals surface area contributed by atoms with Crippen LogP contribution in [-0.2, 0) is 0 Å². The molecule has 92 valence electrons. The SMILES string of the molecule is CCN1CCN(c2cnccc2C(=N)N)CC1. The molecule has 3 N–H and O–H groups in total. The van der Waals surface area contributed by atoms with E-state index in [-0.39, 0.29) is 5.84 Å². The number of nitrogens with two attached hydrogens (primary N) is 1. The highest BCUT2D eigenvalue weighted by molar-refractivity contribution is 6.00. The topological polar surface area (TPSA) is 69.2 Å². The fourth-order valence-corrected chi connectivity index (χ4v) is 2.17. The molecular formula is C12H19N5. The number of anilines is 1. The van der Waals surface area contributed by atoms with Crippen molar-refractivity contribution in [3.8, 4) is 0 Å². The highest BCUT2D eigenvalue weighted by Gasteiger charge is 2.18. The first-order chi connectivity index (χ1) is 8.22. The van der Waals surface area contributed by atoms with Crippen molar-refractivity contribution >= 4 is 11.5 Å². The van der Waals surface area contributed by atoms with Gasteiger partial charge < -0.3 is 15.5 Å². The van der Waals surface area contributed by atoms with Crippen molar-refractivity contribution in [2.45, 2.75) is 6.92 Å². The van der Waals surface area contributed by atoms with E-state index in [1.54, 1.807) is 12.4 Å². The van der Waals surface area contributed by atoms with E-state index in [1.165, 1.54) is 0 Å². The van der Waals surface area contributed by atoms with Crippen LogP contribution in [0.25, 0.3) is 0 Å². The third kappa shape index (κ3) is 2.55. The molecule has 2 heterocycles. The fourth-order valence-electron chi connectivity index (χ4n) is 2.17. The number of amidine groups is 1. The summed E-state index contributed by atoms with van der Waals surface area (Å²) in [5.41, 5.74) is 7.36. The lowest BCUT2D eigenvalue weighted by Crippen LogP contribution is -2.46. The molecule has 1 aliphatic rings. The number of likely N-dealkylation sites (N-methyl/N-ethyl adjacent to an activating group) is 1. The maximum Gasteiger partial charge on any atom is 0.125 e. The van der Waals surface area contributed by atoms with Gasteiger partial charge in [0.05, 0.1) is 11.9 Å². The van der Waals surface area contributed by atoms with E-state index < -0.39 is 0 Å². The van der Waals surface area contributed by atoms with E-state index in [1.807, 2.05) is 6.07 Å². The van der Waals surface area contributed by atoms with Crippen LogP contribution in [0.3, 0.4) is 0 Å². The minimum absolute atomic E-state index is 0.111. The molecule has 0 atom stereocenters. The second-order valence-corrected chi connectivity index (χ2v) is 4.23. The van der Waals surface area contributed by atoms with E-state index >= 15 is 0 Å². The molecule has 0 bridgehead atoms. The number of nitrogens with one attached hydrogen (secondary N) is 1. The Hall–Kier alpha value is -1.62. The number of nitrogen functional groups attached to an aromatic ring is 1. The maximum absolute atomic E-state index is 7.58. The van der Waals surface area contributed by atoms with Gasteiger partial charge in [0.25, 0.3) is 0 Å². The van der Waals surface area contributed by atoms with Crippen LogP contribution in [0.4, 0.5) is 5.69 Å². The van der Waals surface area contributed by atoms with Crippen LogP contribution in [0.1, 0.15) is 12.5 Å². The molecule has 0 amide bonds. The largest absolute Gasteiger partial charge is 0.384 e. The van der Waals surface area contributed by atoms with Crippen LogP contribution in [0.5, 0.6) is 0 Å². The van der Waals surface area contributed by atoms with Gasteiger partial charge in [-0.3, -0.25) is 10.4 Å². The van der Waals surface area contributed by atoms with Crippen LogP contribution in [-0.4, -0.2) is 48.4 Å². The van der Waals surface area contributed by atoms with E-state index in [4.69, 9.17) is 11.1 Å². The van der Waals surface area contributed by atoms with Crippen molar-refractivity contribution in [3.63, 3.8) is 0 Å². The molecular weight excluding hydrogens is 214 g/mol. The molecule has 1 aromatic rings. The van der Waals surface area contributed by atoms with Gasteiger partial charge in [-0.05, 0) is 12.6 Å². The lowest BCUT2D eigenvalue weighted by molar-refractivity contribution is 0.271. The van der Waals surface area contributed by atoms with Crippen LogP contribution in [0.15, 0.2) is 18.5 Å². The van der Waals surface area contributed by atoms with Gasteiger partial charge in [0.2, 0.25) is 0 Å². The molecule has 1 aliphatic heterocycles. The van der Waals surface area contributed by atoms with Crippen LogP contribution in [0, 0.1) is 5.41 Å². The van der Waals surface area contributed by atoms with E-state index in [9.17, 15) is 0 Å². The quantitative estimate of drug-likeness (QED) is 0.589. The van der Waals surface area contributed by atoms with Gasteiger partial charge in [0.1, 0.15) is 5.84 Å². The number of pyridine rings is 1. The van der Waals surface area contributed by atoms with Crippen molar-refractivity contribution in [1.82, 2.24) is 9.88 Å². The summed E-state index contributed by atoms with van der Waals surface area (Å²) < 4.78 is 0. The van der Waals surface area contributed by atoms with Crippen molar-refractivity contribution in [1.29, 1.82) is 5.41 Å². The summed E-state index contributed by atoms with van der Waals surface area (Å²) in [4.78, 5) is 8.81. The molecule has 5 nitrogen and oxygen atoms in total. The minimum Gasteiger partial charge on any atom is -0.384 e. The summed E-state index contributed by atoms with van der Waals surface area (Å²) in [6.45, 7) is 7.34. The van der Waals surface area contributed by atoms with E-state index in [0.717, 1.165) is 44.0 Å². The Morgan fingerprint density at radius 2 is 2.12 bits per heavy atom. The molecule has 0 aromatic carbocycles. The predicted octanol–water partition coefficient (Wildman–Crippen LogP) is 0.508. The zero-order valence-corrected chi connectivity index (χ0v) is 10.2. The number of hydrogen-bond acceptors (Lipinski definition) is 4. The van der Waals surface area contributed by atoms with Crippen molar-refractivity contribution in [2.75, 3.05) is 37.6 Å². The van der Waals surface area contributed by atoms with Crippen molar-refractivity contribution < 1.29 is 0 Å². The predicted molar refractivity (Wildman–Crippen MR) is 69.6 cm³/mol. The van der Waals surface area contributed by atoms with Crippen molar-refractivity contribution in [3.05, 3.63) is 24.0 Å². The van der Waals surface area contributed by atoms with Crippen LogP contribution in [0.2, 0.25) is 0 Å². The third-order valence-electron chi connectivity index (χ3n) is 3.25. The van der Waals surface area contributed by atoms with E-state index in [0.29, 0.717) is 0 Å². The summed E-state index contributed by atoms with van der Waals surface area (Å²) in [7, 11) is 0. The normalized spacial score (nSPS) is 17.1. The highest BCUT2D eigenvalue weighted by Crippen LogP contribution is 2.20. The first kappa shape index (κ1) is 11.9. The molecule has 2 rings (SSSR count). The zero-order chi connectivity index (χ0) is 12.3. The Bertz CT molecular complexity index is 396. The Morgan fingerprint density at radius 1 is 1.41 bits per heavy atom. The Balaban J connectivity index is 2.15.